The predicted molar refractivity (Wildman–Crippen MR) is 106 cm³/mol. The van der Waals surface area contributed by atoms with Crippen molar-refractivity contribution in [3.63, 3.8) is 0 Å². The zero-order valence-electron chi connectivity index (χ0n) is 16.8. The van der Waals surface area contributed by atoms with Gasteiger partial charge in [0.25, 0.3) is 5.91 Å². The number of hydrogen-bond acceptors (Lipinski definition) is 3. The summed E-state index contributed by atoms with van der Waals surface area (Å²) in [6, 6.07) is 6.84. The lowest BCUT2D eigenvalue weighted by molar-refractivity contribution is -0.127. The van der Waals surface area contributed by atoms with E-state index in [1.165, 1.54) is 0 Å². The molecular weight excluding hydrogens is 342 g/mol. The van der Waals surface area contributed by atoms with Crippen LogP contribution < -0.4 is 10.6 Å². The van der Waals surface area contributed by atoms with Gasteiger partial charge in [0.2, 0.25) is 11.8 Å². The number of amides is 3. The van der Waals surface area contributed by atoms with Crippen molar-refractivity contribution in [2.24, 2.45) is 0 Å². The summed E-state index contributed by atoms with van der Waals surface area (Å²) in [5, 5.41) is 5.54. The second kappa shape index (κ2) is 9.02. The molecule has 6 heteroatoms. The first-order valence-corrected chi connectivity index (χ1v) is 9.65. The minimum Gasteiger partial charge on any atom is -0.354 e. The lowest BCUT2D eigenvalue weighted by atomic mass is 9.86. The molecule has 1 aliphatic rings. The largest absolute Gasteiger partial charge is 0.354 e. The Balaban J connectivity index is 1.74. The number of likely N-dealkylation sites (tertiary alicyclic amines) is 1. The molecule has 2 N–H and O–H groups in total. The van der Waals surface area contributed by atoms with Crippen molar-refractivity contribution in [3.8, 4) is 0 Å². The van der Waals surface area contributed by atoms with Crippen LogP contribution in [0.5, 0.6) is 0 Å². The summed E-state index contributed by atoms with van der Waals surface area (Å²) in [6.07, 6.45) is 2.27. The van der Waals surface area contributed by atoms with Crippen molar-refractivity contribution < 1.29 is 14.4 Å². The van der Waals surface area contributed by atoms with E-state index >= 15 is 0 Å². The van der Waals surface area contributed by atoms with E-state index in [1.54, 1.807) is 19.1 Å². The molecule has 1 aromatic rings. The Labute approximate surface area is 161 Å². The van der Waals surface area contributed by atoms with E-state index < -0.39 is 6.04 Å². The van der Waals surface area contributed by atoms with Crippen LogP contribution in [0.25, 0.3) is 0 Å². The fourth-order valence-corrected chi connectivity index (χ4v) is 3.04. The number of nitrogens with one attached hydrogen (secondary N) is 2. The van der Waals surface area contributed by atoms with Gasteiger partial charge in [-0.25, -0.2) is 0 Å². The molecule has 1 aromatic carbocycles. The van der Waals surface area contributed by atoms with E-state index in [1.807, 2.05) is 17.0 Å². The maximum Gasteiger partial charge on any atom is 0.251 e. The van der Waals surface area contributed by atoms with Crippen LogP contribution in [0.1, 0.15) is 62.9 Å². The molecule has 1 atom stereocenters. The van der Waals surface area contributed by atoms with Crippen LogP contribution in [0.2, 0.25) is 0 Å². The van der Waals surface area contributed by atoms with Gasteiger partial charge < -0.3 is 15.5 Å². The van der Waals surface area contributed by atoms with Crippen molar-refractivity contribution in [3.05, 3.63) is 35.4 Å². The van der Waals surface area contributed by atoms with E-state index in [9.17, 15) is 14.4 Å². The summed E-state index contributed by atoms with van der Waals surface area (Å²) in [6.45, 7) is 9.99. The number of benzene rings is 1. The summed E-state index contributed by atoms with van der Waals surface area (Å²) < 4.78 is 0. The van der Waals surface area contributed by atoms with E-state index in [2.05, 4.69) is 31.4 Å². The van der Waals surface area contributed by atoms with Crippen LogP contribution in [0.4, 0.5) is 0 Å². The molecule has 3 amide bonds. The molecule has 1 aliphatic heterocycles. The van der Waals surface area contributed by atoms with E-state index in [0.29, 0.717) is 31.5 Å². The molecule has 1 heterocycles. The standard InChI is InChI=1S/C21H31N3O3/c1-15(19(26)22-12-6-14-24-13-5-7-18(24)25)23-20(27)16-8-10-17(11-9-16)21(2,3)4/h8-11,15H,5-7,12-14H2,1-4H3,(H,22,26)(H,23,27). The predicted octanol–water partition coefficient (Wildman–Crippen LogP) is 2.23. The number of carbonyl (C=O) groups excluding carboxylic acids is 3. The minimum absolute atomic E-state index is 0.0296. The highest BCUT2D eigenvalue weighted by Crippen LogP contribution is 2.22. The van der Waals surface area contributed by atoms with Crippen LogP contribution in [-0.2, 0) is 15.0 Å². The second-order valence-electron chi connectivity index (χ2n) is 8.15. The van der Waals surface area contributed by atoms with Gasteiger partial charge in [-0.3, -0.25) is 14.4 Å². The molecule has 6 nitrogen and oxygen atoms in total. The highest BCUT2D eigenvalue weighted by Gasteiger charge is 2.20. The van der Waals surface area contributed by atoms with Gasteiger partial charge in [-0.2, -0.15) is 0 Å². The fourth-order valence-electron chi connectivity index (χ4n) is 3.04. The van der Waals surface area contributed by atoms with Crippen LogP contribution in [0.15, 0.2) is 24.3 Å². The highest BCUT2D eigenvalue weighted by atomic mass is 16.2. The molecule has 0 aliphatic carbocycles. The van der Waals surface area contributed by atoms with Gasteiger partial charge in [-0.15, -0.1) is 0 Å². The smallest absolute Gasteiger partial charge is 0.251 e. The average Bonchev–Trinajstić information content (AvgIpc) is 3.02. The van der Waals surface area contributed by atoms with E-state index in [0.717, 1.165) is 18.5 Å². The fraction of sp³-hybridized carbons (Fsp3) is 0.571. The molecule has 1 fully saturated rings. The Morgan fingerprint density at radius 3 is 2.41 bits per heavy atom. The Morgan fingerprint density at radius 1 is 1.19 bits per heavy atom. The zero-order chi connectivity index (χ0) is 20.0. The molecule has 0 aromatic heterocycles. The SMILES string of the molecule is CC(NC(=O)c1ccc(C(C)(C)C)cc1)C(=O)NCCCN1CCCC1=O. The van der Waals surface area contributed by atoms with Gasteiger partial charge in [-0.1, -0.05) is 32.9 Å². The summed E-state index contributed by atoms with van der Waals surface area (Å²) in [5.74, 6) is -0.289. The molecule has 1 saturated heterocycles. The monoisotopic (exact) mass is 373 g/mol. The van der Waals surface area contributed by atoms with Gasteiger partial charge in [-0.05, 0) is 42.9 Å². The number of carbonyl (C=O) groups is 3. The molecule has 148 valence electrons. The second-order valence-corrected chi connectivity index (χ2v) is 8.15. The Kier molecular flexibility index (Phi) is 6.99. The van der Waals surface area contributed by atoms with Crippen LogP contribution in [0.3, 0.4) is 0 Å². The number of hydrogen-bond donors (Lipinski definition) is 2. The molecule has 0 bridgehead atoms. The maximum absolute atomic E-state index is 12.3. The van der Waals surface area contributed by atoms with Gasteiger partial charge in [0.05, 0.1) is 0 Å². The summed E-state index contributed by atoms with van der Waals surface area (Å²) in [4.78, 5) is 37.8. The lowest BCUT2D eigenvalue weighted by Gasteiger charge is -2.19. The third-order valence-corrected chi connectivity index (χ3v) is 4.83. The summed E-state index contributed by atoms with van der Waals surface area (Å²) in [7, 11) is 0. The van der Waals surface area contributed by atoms with Crippen molar-refractivity contribution in [2.45, 2.75) is 58.4 Å². The molecule has 2 rings (SSSR count). The maximum atomic E-state index is 12.3. The Morgan fingerprint density at radius 2 is 1.85 bits per heavy atom. The third kappa shape index (κ3) is 6.08. The van der Waals surface area contributed by atoms with Crippen LogP contribution >= 0.6 is 0 Å². The zero-order valence-corrected chi connectivity index (χ0v) is 16.8. The summed E-state index contributed by atoms with van der Waals surface area (Å²) >= 11 is 0. The van der Waals surface area contributed by atoms with Gasteiger partial charge >= 0.3 is 0 Å². The van der Waals surface area contributed by atoms with Gasteiger partial charge in [0.1, 0.15) is 6.04 Å². The Hall–Kier alpha value is -2.37. The lowest BCUT2D eigenvalue weighted by Crippen LogP contribution is -2.45. The molecule has 1 unspecified atom stereocenters. The first-order valence-electron chi connectivity index (χ1n) is 9.65. The average molecular weight is 373 g/mol. The normalized spacial score (nSPS) is 15.6. The van der Waals surface area contributed by atoms with E-state index in [-0.39, 0.29) is 23.1 Å². The minimum atomic E-state index is -0.617. The molecule has 27 heavy (non-hydrogen) atoms. The first kappa shape index (κ1) is 20.9. The first-order chi connectivity index (χ1) is 12.7. The van der Waals surface area contributed by atoms with E-state index in [4.69, 9.17) is 0 Å². The van der Waals surface area contributed by atoms with Gasteiger partial charge in [0, 0.05) is 31.6 Å². The molecule has 0 saturated carbocycles. The van der Waals surface area contributed by atoms with Crippen molar-refractivity contribution in [1.29, 1.82) is 0 Å². The van der Waals surface area contributed by atoms with Crippen LogP contribution in [0, 0.1) is 0 Å². The molecule has 0 spiro atoms. The van der Waals surface area contributed by atoms with Crippen LogP contribution in [-0.4, -0.2) is 48.3 Å². The highest BCUT2D eigenvalue weighted by molar-refractivity contribution is 5.97. The summed E-state index contributed by atoms with van der Waals surface area (Å²) in [5.41, 5.74) is 1.72. The van der Waals surface area contributed by atoms with Crippen molar-refractivity contribution >= 4 is 17.7 Å². The Bertz CT molecular complexity index is 677. The van der Waals surface area contributed by atoms with Crippen molar-refractivity contribution in [1.82, 2.24) is 15.5 Å². The topological polar surface area (TPSA) is 78.5 Å². The molecule has 0 radical (unpaired) electrons. The van der Waals surface area contributed by atoms with Gasteiger partial charge in [0.15, 0.2) is 0 Å². The number of rotatable bonds is 7. The quantitative estimate of drug-likeness (QED) is 0.720. The third-order valence-electron chi connectivity index (χ3n) is 4.83. The molecular formula is C21H31N3O3. The van der Waals surface area contributed by atoms with Crippen molar-refractivity contribution in [2.75, 3.05) is 19.6 Å². The number of nitrogens with zero attached hydrogens (tertiary/aromatic N) is 1.